The molecule has 0 bridgehead atoms. The van der Waals surface area contributed by atoms with Crippen LogP contribution in [0.5, 0.6) is 0 Å². The Bertz CT molecular complexity index is 786. The minimum absolute atomic E-state index is 0.177. The van der Waals surface area contributed by atoms with E-state index in [-0.39, 0.29) is 5.91 Å². The first-order valence-corrected chi connectivity index (χ1v) is 10.7. The number of nitrogens with one attached hydrogen (secondary N) is 1. The fraction of sp³-hybridized carbons (Fsp3) is 0.550. The van der Waals surface area contributed by atoms with E-state index < -0.39 is 12.1 Å². The Morgan fingerprint density at radius 3 is 2.86 bits per heavy atom. The number of pyridine rings is 1. The van der Waals surface area contributed by atoms with Crippen molar-refractivity contribution in [3.63, 3.8) is 0 Å². The summed E-state index contributed by atoms with van der Waals surface area (Å²) in [4.78, 5) is 24.5. The van der Waals surface area contributed by atoms with Crippen LogP contribution in [0.25, 0.3) is 0 Å². The van der Waals surface area contributed by atoms with Crippen LogP contribution in [-0.2, 0) is 11.2 Å². The molecule has 1 aliphatic heterocycles. The van der Waals surface area contributed by atoms with Crippen LogP contribution in [0.2, 0.25) is 0 Å². The quantitative estimate of drug-likeness (QED) is 0.656. The minimum atomic E-state index is -0.849. The molecule has 0 aliphatic carbocycles. The molecule has 1 aliphatic rings. The number of amides is 1. The van der Waals surface area contributed by atoms with Crippen LogP contribution >= 0.6 is 11.3 Å². The molecule has 0 radical (unpaired) electrons. The first-order chi connectivity index (χ1) is 13.5. The van der Waals surface area contributed by atoms with Gasteiger partial charge in [-0.3, -0.25) is 4.79 Å². The number of aliphatic hydroxyl groups excluding tert-OH is 1. The van der Waals surface area contributed by atoms with Gasteiger partial charge in [0.25, 0.3) is 0 Å². The fourth-order valence-electron chi connectivity index (χ4n) is 3.40. The highest BCUT2D eigenvalue weighted by Crippen LogP contribution is 2.29. The summed E-state index contributed by atoms with van der Waals surface area (Å²) in [6.45, 7) is 4.98. The Kier molecular flexibility index (Phi) is 6.98. The number of hydrogen-bond acceptors (Lipinski definition) is 7. The highest BCUT2D eigenvalue weighted by molar-refractivity contribution is 7.15. The molecule has 8 heteroatoms. The van der Waals surface area contributed by atoms with Gasteiger partial charge in [-0.1, -0.05) is 19.4 Å². The summed E-state index contributed by atoms with van der Waals surface area (Å²) in [7, 11) is 0. The lowest BCUT2D eigenvalue weighted by Crippen LogP contribution is -2.51. The van der Waals surface area contributed by atoms with E-state index in [1.807, 2.05) is 24.4 Å². The normalized spacial score (nSPS) is 17.4. The molecule has 0 spiro atoms. The van der Waals surface area contributed by atoms with Crippen molar-refractivity contribution in [2.24, 2.45) is 5.73 Å². The predicted octanol–water partition coefficient (Wildman–Crippen LogP) is 2.65. The van der Waals surface area contributed by atoms with Gasteiger partial charge in [-0.25, -0.2) is 9.97 Å². The number of carbonyl (C=O) groups is 1. The van der Waals surface area contributed by atoms with Gasteiger partial charge in [-0.15, -0.1) is 11.3 Å². The smallest absolute Gasteiger partial charge is 0.242 e. The van der Waals surface area contributed by atoms with Crippen LogP contribution in [0, 0.1) is 0 Å². The molecular formula is C20H29N5O2S. The third kappa shape index (κ3) is 5.06. The Morgan fingerprint density at radius 1 is 1.43 bits per heavy atom. The average molecular weight is 404 g/mol. The third-order valence-electron chi connectivity index (χ3n) is 5.09. The van der Waals surface area contributed by atoms with Crippen molar-refractivity contribution in [2.75, 3.05) is 18.4 Å². The predicted molar refractivity (Wildman–Crippen MR) is 112 cm³/mol. The summed E-state index contributed by atoms with van der Waals surface area (Å²) in [6.07, 6.45) is 4.92. The molecule has 2 aromatic heterocycles. The minimum Gasteiger partial charge on any atom is -0.391 e. The van der Waals surface area contributed by atoms with Crippen molar-refractivity contribution in [3.8, 4) is 0 Å². The zero-order valence-corrected chi connectivity index (χ0v) is 17.3. The molecule has 0 saturated carbocycles. The van der Waals surface area contributed by atoms with Crippen LogP contribution < -0.4 is 11.1 Å². The van der Waals surface area contributed by atoms with Gasteiger partial charge in [0.05, 0.1) is 6.10 Å². The van der Waals surface area contributed by atoms with Crippen molar-refractivity contribution in [1.29, 1.82) is 0 Å². The first kappa shape index (κ1) is 20.7. The summed E-state index contributed by atoms with van der Waals surface area (Å²) in [5, 5.41) is 13.7. The molecule has 7 nitrogen and oxygen atoms in total. The second-order valence-corrected chi connectivity index (χ2v) is 8.44. The maximum atomic E-state index is 12.3. The van der Waals surface area contributed by atoms with Crippen molar-refractivity contribution >= 4 is 28.2 Å². The van der Waals surface area contributed by atoms with Crippen LogP contribution in [-0.4, -0.2) is 51.1 Å². The van der Waals surface area contributed by atoms with Crippen molar-refractivity contribution in [1.82, 2.24) is 14.9 Å². The Labute approximate surface area is 170 Å². The van der Waals surface area contributed by atoms with E-state index in [0.717, 1.165) is 42.3 Å². The molecule has 2 aromatic rings. The van der Waals surface area contributed by atoms with Crippen LogP contribution in [0.3, 0.4) is 0 Å². The first-order valence-electron chi connectivity index (χ1n) is 9.89. The lowest BCUT2D eigenvalue weighted by molar-refractivity contribution is -0.135. The Balaban J connectivity index is 1.59. The number of rotatable bonds is 7. The van der Waals surface area contributed by atoms with E-state index in [9.17, 15) is 9.90 Å². The van der Waals surface area contributed by atoms with Gasteiger partial charge in [-0.2, -0.15) is 0 Å². The maximum Gasteiger partial charge on any atom is 0.242 e. The second kappa shape index (κ2) is 9.45. The Morgan fingerprint density at radius 2 is 2.18 bits per heavy atom. The van der Waals surface area contributed by atoms with Crippen molar-refractivity contribution in [2.45, 2.75) is 57.6 Å². The number of aryl methyl sites for hydroxylation is 1. The van der Waals surface area contributed by atoms with Crippen LogP contribution in [0.4, 0.5) is 10.9 Å². The van der Waals surface area contributed by atoms with E-state index in [1.54, 1.807) is 23.2 Å². The fourth-order valence-corrected chi connectivity index (χ4v) is 4.32. The number of hydrogen-bond donors (Lipinski definition) is 3. The number of aromatic nitrogens is 2. The van der Waals surface area contributed by atoms with E-state index in [1.165, 1.54) is 4.88 Å². The molecule has 1 fully saturated rings. The number of nitrogens with two attached hydrogens (primary N) is 1. The number of nitrogens with zero attached hydrogens (tertiary/aromatic N) is 3. The second-order valence-electron chi connectivity index (χ2n) is 7.32. The summed E-state index contributed by atoms with van der Waals surface area (Å²) in [6, 6.07) is 5.15. The molecule has 152 valence electrons. The lowest BCUT2D eigenvalue weighted by Gasteiger charge is -2.33. The highest BCUT2D eigenvalue weighted by atomic mass is 32.1. The van der Waals surface area contributed by atoms with Crippen molar-refractivity contribution < 1.29 is 9.90 Å². The van der Waals surface area contributed by atoms with Gasteiger partial charge < -0.3 is 21.1 Å². The SMILES string of the molecule is CCCc1cnc(Nc2cccc(C3CCN(C(=O)[C@@H](N)[C@@H](C)O)CC3)n2)s1. The molecular weight excluding hydrogens is 374 g/mol. The standard InChI is InChI=1S/C20H29N5O2S/c1-3-5-15-12-22-20(28-15)24-17-7-4-6-16(23-17)14-8-10-25(11-9-14)19(27)18(21)13(2)26/h4,6-7,12-14,18,26H,3,5,8-11,21H2,1-2H3,(H,22,23,24)/t13-,18+/m1/s1. The molecule has 2 atom stereocenters. The molecule has 0 unspecified atom stereocenters. The topological polar surface area (TPSA) is 104 Å². The van der Waals surface area contributed by atoms with Crippen molar-refractivity contribution in [3.05, 3.63) is 35.0 Å². The molecule has 28 heavy (non-hydrogen) atoms. The van der Waals surface area contributed by atoms with Crippen LogP contribution in [0.15, 0.2) is 24.4 Å². The van der Waals surface area contributed by atoms with Gasteiger partial charge in [0, 0.05) is 35.8 Å². The van der Waals surface area contributed by atoms with Gasteiger partial charge >= 0.3 is 0 Å². The van der Waals surface area contributed by atoms with Gasteiger partial charge in [0.2, 0.25) is 5.91 Å². The lowest BCUT2D eigenvalue weighted by atomic mass is 9.92. The van der Waals surface area contributed by atoms with Gasteiger partial charge in [-0.05, 0) is 38.3 Å². The largest absolute Gasteiger partial charge is 0.391 e. The number of aliphatic hydroxyl groups is 1. The molecule has 0 aromatic carbocycles. The number of likely N-dealkylation sites (tertiary alicyclic amines) is 1. The van der Waals surface area contributed by atoms with E-state index in [4.69, 9.17) is 10.7 Å². The van der Waals surface area contributed by atoms with E-state index in [0.29, 0.717) is 19.0 Å². The monoisotopic (exact) mass is 403 g/mol. The van der Waals surface area contributed by atoms with Gasteiger partial charge in [0.15, 0.2) is 5.13 Å². The highest BCUT2D eigenvalue weighted by Gasteiger charge is 2.29. The van der Waals surface area contributed by atoms with Gasteiger partial charge in [0.1, 0.15) is 11.9 Å². The maximum absolute atomic E-state index is 12.3. The summed E-state index contributed by atoms with van der Waals surface area (Å²) >= 11 is 1.66. The third-order valence-corrected chi connectivity index (χ3v) is 6.06. The summed E-state index contributed by atoms with van der Waals surface area (Å²) in [5.74, 6) is 0.925. The van der Waals surface area contributed by atoms with Crippen LogP contribution in [0.1, 0.15) is 49.6 Å². The number of thiazole rings is 1. The van der Waals surface area contributed by atoms with E-state index in [2.05, 4.69) is 17.2 Å². The zero-order valence-electron chi connectivity index (χ0n) is 16.5. The average Bonchev–Trinajstić information content (AvgIpc) is 3.14. The van der Waals surface area contributed by atoms with E-state index >= 15 is 0 Å². The number of anilines is 2. The molecule has 3 heterocycles. The molecule has 4 N–H and O–H groups in total. The number of carbonyl (C=O) groups excluding carboxylic acids is 1. The Hall–Kier alpha value is -2.03. The molecule has 3 rings (SSSR count). The zero-order chi connectivity index (χ0) is 20.1. The number of piperidine rings is 1. The molecule has 1 amide bonds. The molecule has 1 saturated heterocycles. The summed E-state index contributed by atoms with van der Waals surface area (Å²) < 4.78 is 0. The summed E-state index contributed by atoms with van der Waals surface area (Å²) in [5.41, 5.74) is 6.81.